The molecule has 6 heteroatoms. The molecule has 0 aliphatic carbocycles. The van der Waals surface area contributed by atoms with Crippen molar-refractivity contribution in [2.75, 3.05) is 6.61 Å². The molecule has 112 valence electrons. The van der Waals surface area contributed by atoms with Crippen LogP contribution in [0.2, 0.25) is 10.2 Å². The summed E-state index contributed by atoms with van der Waals surface area (Å²) in [7, 11) is 0. The highest BCUT2D eigenvalue weighted by molar-refractivity contribution is 14.1. The van der Waals surface area contributed by atoms with E-state index in [1.54, 1.807) is 18.2 Å². The maximum absolute atomic E-state index is 11.9. The zero-order chi connectivity index (χ0) is 15.6. The molecule has 0 amide bonds. The van der Waals surface area contributed by atoms with E-state index < -0.39 is 0 Å². The van der Waals surface area contributed by atoms with E-state index in [-0.39, 0.29) is 18.3 Å². The Balaban J connectivity index is 2.39. The van der Waals surface area contributed by atoms with Crippen molar-refractivity contribution in [1.82, 2.24) is 4.98 Å². The molecule has 1 heterocycles. The number of fused-ring (bicyclic) bond motifs is 1. The standard InChI is InChI=1S/C15H14Cl2INO2/c1-3-8(2)12(20)7-21-15-11(18)6-10(16)9-4-5-13(17)19-14(9)15/h4-6,8H,3,7H2,1-2H3. The van der Waals surface area contributed by atoms with Crippen molar-refractivity contribution in [3.05, 3.63) is 31.9 Å². The molecule has 0 N–H and O–H groups in total. The molecule has 1 aromatic heterocycles. The Morgan fingerprint density at radius 3 is 2.81 bits per heavy atom. The summed E-state index contributed by atoms with van der Waals surface area (Å²) in [6.45, 7) is 3.90. The Bertz CT molecular complexity index is 691. The van der Waals surface area contributed by atoms with E-state index in [1.165, 1.54) is 0 Å². The lowest BCUT2D eigenvalue weighted by Crippen LogP contribution is -2.19. The lowest BCUT2D eigenvalue weighted by Gasteiger charge is -2.13. The predicted octanol–water partition coefficient (Wildman–Crippen LogP) is 5.14. The first kappa shape index (κ1) is 16.8. The molecule has 2 rings (SSSR count). The molecule has 0 bridgehead atoms. The third-order valence-corrected chi connectivity index (χ3v) is 4.65. The zero-order valence-electron chi connectivity index (χ0n) is 11.6. The molecule has 21 heavy (non-hydrogen) atoms. The average Bonchev–Trinajstić information content (AvgIpc) is 2.45. The quantitative estimate of drug-likeness (QED) is 0.480. The zero-order valence-corrected chi connectivity index (χ0v) is 15.3. The summed E-state index contributed by atoms with van der Waals surface area (Å²) >= 11 is 14.3. The maximum atomic E-state index is 11.9. The van der Waals surface area contributed by atoms with Crippen LogP contribution in [0.5, 0.6) is 5.75 Å². The summed E-state index contributed by atoms with van der Waals surface area (Å²) in [6.07, 6.45) is 0.796. The number of carbonyl (C=O) groups is 1. The lowest BCUT2D eigenvalue weighted by atomic mass is 10.0. The molecule has 0 aliphatic heterocycles. The molecule has 0 aliphatic rings. The Morgan fingerprint density at radius 1 is 1.43 bits per heavy atom. The molecule has 1 unspecified atom stereocenters. The Morgan fingerprint density at radius 2 is 2.14 bits per heavy atom. The van der Waals surface area contributed by atoms with E-state index in [0.717, 1.165) is 15.4 Å². The SMILES string of the molecule is CCC(C)C(=O)COc1c(I)cc(Cl)c2ccc(Cl)nc12. The first-order valence-corrected chi connectivity index (χ1v) is 8.37. The van der Waals surface area contributed by atoms with Gasteiger partial charge in [0.1, 0.15) is 17.3 Å². The molecule has 3 nitrogen and oxygen atoms in total. The highest BCUT2D eigenvalue weighted by Gasteiger charge is 2.16. The Hall–Kier alpha value is -0.590. The van der Waals surface area contributed by atoms with Gasteiger partial charge in [-0.1, -0.05) is 37.0 Å². The smallest absolute Gasteiger partial charge is 0.172 e. The van der Waals surface area contributed by atoms with Gasteiger partial charge in [0.25, 0.3) is 0 Å². The van der Waals surface area contributed by atoms with E-state index in [0.29, 0.717) is 21.4 Å². The van der Waals surface area contributed by atoms with Crippen LogP contribution >= 0.6 is 45.8 Å². The minimum absolute atomic E-state index is 0.0160. The van der Waals surface area contributed by atoms with Crippen LogP contribution in [-0.4, -0.2) is 17.4 Å². The van der Waals surface area contributed by atoms with Crippen molar-refractivity contribution in [2.45, 2.75) is 20.3 Å². The van der Waals surface area contributed by atoms with E-state index in [9.17, 15) is 4.79 Å². The predicted molar refractivity (Wildman–Crippen MR) is 94.4 cm³/mol. The van der Waals surface area contributed by atoms with Crippen molar-refractivity contribution in [1.29, 1.82) is 0 Å². The summed E-state index contributed by atoms with van der Waals surface area (Å²) < 4.78 is 6.51. The monoisotopic (exact) mass is 437 g/mol. The van der Waals surface area contributed by atoms with Gasteiger partial charge in [-0.15, -0.1) is 0 Å². The molecule has 0 saturated heterocycles. The molecule has 0 saturated carbocycles. The summed E-state index contributed by atoms with van der Waals surface area (Å²) in [5.74, 6) is 0.602. The van der Waals surface area contributed by atoms with Crippen molar-refractivity contribution in [3.8, 4) is 5.75 Å². The molecule has 1 atom stereocenters. The number of rotatable bonds is 5. The van der Waals surface area contributed by atoms with Crippen molar-refractivity contribution >= 4 is 62.5 Å². The highest BCUT2D eigenvalue weighted by atomic mass is 127. The largest absolute Gasteiger partial charge is 0.482 e. The fourth-order valence-corrected chi connectivity index (χ4v) is 3.14. The van der Waals surface area contributed by atoms with Gasteiger partial charge in [0.15, 0.2) is 11.5 Å². The number of benzene rings is 1. The minimum Gasteiger partial charge on any atom is -0.482 e. The molecule has 1 aromatic carbocycles. The average molecular weight is 438 g/mol. The van der Waals surface area contributed by atoms with Crippen LogP contribution in [0.15, 0.2) is 18.2 Å². The van der Waals surface area contributed by atoms with Crippen molar-refractivity contribution in [2.24, 2.45) is 5.92 Å². The number of ether oxygens (including phenoxy) is 1. The molecule has 0 spiro atoms. The van der Waals surface area contributed by atoms with Crippen LogP contribution in [0.25, 0.3) is 10.9 Å². The topological polar surface area (TPSA) is 39.2 Å². The molecule has 2 aromatic rings. The van der Waals surface area contributed by atoms with Gasteiger partial charge in [-0.3, -0.25) is 4.79 Å². The molecular formula is C15H14Cl2INO2. The van der Waals surface area contributed by atoms with Gasteiger partial charge in [0.05, 0.1) is 8.59 Å². The van der Waals surface area contributed by atoms with Gasteiger partial charge < -0.3 is 4.74 Å². The third-order valence-electron chi connectivity index (χ3n) is 3.32. The van der Waals surface area contributed by atoms with Crippen LogP contribution in [0.4, 0.5) is 0 Å². The molecule has 0 radical (unpaired) electrons. The van der Waals surface area contributed by atoms with Crippen LogP contribution in [0.3, 0.4) is 0 Å². The summed E-state index contributed by atoms with van der Waals surface area (Å²) in [6, 6.07) is 5.27. The lowest BCUT2D eigenvalue weighted by molar-refractivity contribution is -0.124. The van der Waals surface area contributed by atoms with E-state index in [4.69, 9.17) is 27.9 Å². The molecule has 0 fully saturated rings. The van der Waals surface area contributed by atoms with Crippen molar-refractivity contribution in [3.63, 3.8) is 0 Å². The van der Waals surface area contributed by atoms with Gasteiger partial charge in [-0.05, 0) is 47.2 Å². The second kappa shape index (κ2) is 7.11. The second-order valence-electron chi connectivity index (χ2n) is 4.76. The second-order valence-corrected chi connectivity index (χ2v) is 6.72. The molecular weight excluding hydrogens is 424 g/mol. The van der Waals surface area contributed by atoms with E-state index >= 15 is 0 Å². The van der Waals surface area contributed by atoms with Gasteiger partial charge in [0.2, 0.25) is 0 Å². The number of carbonyl (C=O) groups excluding carboxylic acids is 1. The van der Waals surface area contributed by atoms with Crippen LogP contribution in [0, 0.1) is 9.49 Å². The number of aromatic nitrogens is 1. The number of nitrogens with zero attached hydrogens (tertiary/aromatic N) is 1. The van der Waals surface area contributed by atoms with Gasteiger partial charge >= 0.3 is 0 Å². The highest BCUT2D eigenvalue weighted by Crippen LogP contribution is 2.35. The third kappa shape index (κ3) is 3.79. The number of hydrogen-bond donors (Lipinski definition) is 0. The van der Waals surface area contributed by atoms with Gasteiger partial charge in [0, 0.05) is 11.3 Å². The van der Waals surface area contributed by atoms with Crippen LogP contribution < -0.4 is 4.74 Å². The number of hydrogen-bond acceptors (Lipinski definition) is 3. The Labute approximate surface area is 147 Å². The summed E-state index contributed by atoms with van der Waals surface area (Å²) in [4.78, 5) is 16.2. The maximum Gasteiger partial charge on any atom is 0.172 e. The number of halogens is 3. The fraction of sp³-hybridized carbons (Fsp3) is 0.333. The first-order chi connectivity index (χ1) is 9.93. The van der Waals surface area contributed by atoms with Crippen LogP contribution in [-0.2, 0) is 4.79 Å². The van der Waals surface area contributed by atoms with E-state index in [1.807, 2.05) is 13.8 Å². The summed E-state index contributed by atoms with van der Waals surface area (Å²) in [5.41, 5.74) is 0.580. The summed E-state index contributed by atoms with van der Waals surface area (Å²) in [5, 5.41) is 1.70. The number of Topliss-reactive ketones (excluding diaryl/α,β-unsaturated/α-hetero) is 1. The van der Waals surface area contributed by atoms with Crippen LogP contribution in [0.1, 0.15) is 20.3 Å². The fourth-order valence-electron chi connectivity index (χ4n) is 1.82. The van der Waals surface area contributed by atoms with Gasteiger partial charge in [-0.25, -0.2) is 4.98 Å². The van der Waals surface area contributed by atoms with E-state index in [2.05, 4.69) is 27.6 Å². The first-order valence-electron chi connectivity index (χ1n) is 6.53. The number of ketones is 1. The Kier molecular flexibility index (Phi) is 5.68. The van der Waals surface area contributed by atoms with Crippen molar-refractivity contribution < 1.29 is 9.53 Å². The van der Waals surface area contributed by atoms with Gasteiger partial charge in [-0.2, -0.15) is 0 Å². The number of pyridine rings is 1. The minimum atomic E-state index is -0.0160. The normalized spacial score (nSPS) is 12.4.